The molecule has 0 aromatic carbocycles. The van der Waals surface area contributed by atoms with Crippen molar-refractivity contribution in [2.45, 2.75) is 82.8 Å². The predicted octanol–water partition coefficient (Wildman–Crippen LogP) is 2.36. The predicted molar refractivity (Wildman–Crippen MR) is 69.9 cm³/mol. The van der Waals surface area contributed by atoms with E-state index in [-0.39, 0.29) is 17.5 Å². The summed E-state index contributed by atoms with van der Waals surface area (Å²) in [5.41, 5.74) is 0.212. The standard InChI is InChI=1S/C14H26N2O/c1-11(16-14(2)9-6-10-14)13(17)15-12-7-4-3-5-8-12/h11-12,16H,3-10H2,1-2H3,(H,15,17). The van der Waals surface area contributed by atoms with Crippen LogP contribution in [-0.2, 0) is 4.79 Å². The molecule has 2 N–H and O–H groups in total. The summed E-state index contributed by atoms with van der Waals surface area (Å²) in [6.45, 7) is 4.21. The Labute approximate surface area is 105 Å². The van der Waals surface area contributed by atoms with E-state index in [1.807, 2.05) is 6.92 Å². The summed E-state index contributed by atoms with van der Waals surface area (Å²) in [6, 6.07) is 0.372. The van der Waals surface area contributed by atoms with Gasteiger partial charge in [-0.25, -0.2) is 0 Å². The number of hydrogen-bond donors (Lipinski definition) is 2. The molecule has 0 bridgehead atoms. The number of nitrogens with one attached hydrogen (secondary N) is 2. The van der Waals surface area contributed by atoms with Gasteiger partial charge < -0.3 is 10.6 Å². The van der Waals surface area contributed by atoms with Crippen LogP contribution in [0.4, 0.5) is 0 Å². The van der Waals surface area contributed by atoms with Gasteiger partial charge in [0, 0.05) is 11.6 Å². The number of carbonyl (C=O) groups excluding carboxylic acids is 1. The Bertz CT molecular complexity index is 267. The zero-order valence-corrected chi connectivity index (χ0v) is 11.2. The van der Waals surface area contributed by atoms with Crippen molar-refractivity contribution in [3.8, 4) is 0 Å². The van der Waals surface area contributed by atoms with Gasteiger partial charge in [0.25, 0.3) is 0 Å². The summed E-state index contributed by atoms with van der Waals surface area (Å²) >= 11 is 0. The zero-order valence-electron chi connectivity index (χ0n) is 11.2. The van der Waals surface area contributed by atoms with Gasteiger partial charge in [-0.05, 0) is 46.0 Å². The van der Waals surface area contributed by atoms with Crippen LogP contribution in [0.1, 0.15) is 65.2 Å². The SMILES string of the molecule is CC(NC1(C)CCC1)C(=O)NC1CCCCC1. The van der Waals surface area contributed by atoms with Crippen molar-refractivity contribution < 1.29 is 4.79 Å². The molecule has 0 aromatic heterocycles. The Hall–Kier alpha value is -0.570. The first-order chi connectivity index (χ1) is 8.09. The number of rotatable bonds is 4. The van der Waals surface area contributed by atoms with E-state index in [2.05, 4.69) is 17.6 Å². The molecule has 1 atom stereocenters. The summed E-state index contributed by atoms with van der Waals surface area (Å²) in [5, 5.41) is 6.66. The summed E-state index contributed by atoms with van der Waals surface area (Å²) in [4.78, 5) is 12.1. The maximum atomic E-state index is 12.1. The third-order valence-corrected chi connectivity index (χ3v) is 4.37. The topological polar surface area (TPSA) is 41.1 Å². The van der Waals surface area contributed by atoms with Crippen molar-refractivity contribution in [3.05, 3.63) is 0 Å². The van der Waals surface area contributed by atoms with Crippen LogP contribution in [0.25, 0.3) is 0 Å². The maximum absolute atomic E-state index is 12.1. The first-order valence-corrected chi connectivity index (χ1v) is 7.17. The molecule has 0 saturated heterocycles. The van der Waals surface area contributed by atoms with Crippen LogP contribution in [0.3, 0.4) is 0 Å². The van der Waals surface area contributed by atoms with Crippen molar-refractivity contribution in [3.63, 3.8) is 0 Å². The molecule has 0 aliphatic heterocycles. The van der Waals surface area contributed by atoms with E-state index >= 15 is 0 Å². The van der Waals surface area contributed by atoms with E-state index in [0.717, 1.165) is 12.8 Å². The number of carbonyl (C=O) groups is 1. The lowest BCUT2D eigenvalue weighted by Crippen LogP contribution is -2.57. The van der Waals surface area contributed by atoms with Gasteiger partial charge in [0.2, 0.25) is 5.91 Å². The minimum atomic E-state index is -0.0535. The zero-order chi connectivity index (χ0) is 12.3. The second-order valence-electron chi connectivity index (χ2n) is 6.12. The van der Waals surface area contributed by atoms with Crippen molar-refractivity contribution in [2.75, 3.05) is 0 Å². The molecule has 0 spiro atoms. The molecule has 17 heavy (non-hydrogen) atoms. The van der Waals surface area contributed by atoms with E-state index in [0.29, 0.717) is 6.04 Å². The number of amides is 1. The summed E-state index contributed by atoms with van der Waals surface area (Å²) in [6.07, 6.45) is 9.89. The fraction of sp³-hybridized carbons (Fsp3) is 0.929. The van der Waals surface area contributed by atoms with Crippen molar-refractivity contribution in [1.29, 1.82) is 0 Å². The molecule has 3 nitrogen and oxygen atoms in total. The lowest BCUT2D eigenvalue weighted by molar-refractivity contribution is -0.124. The minimum absolute atomic E-state index is 0.0535. The van der Waals surface area contributed by atoms with Crippen molar-refractivity contribution in [1.82, 2.24) is 10.6 Å². The van der Waals surface area contributed by atoms with Gasteiger partial charge in [-0.3, -0.25) is 4.79 Å². The second-order valence-corrected chi connectivity index (χ2v) is 6.12. The smallest absolute Gasteiger partial charge is 0.237 e. The van der Waals surface area contributed by atoms with Gasteiger partial charge in [0.15, 0.2) is 0 Å². The normalized spacial score (nSPS) is 26.0. The van der Waals surface area contributed by atoms with Gasteiger partial charge in [0.05, 0.1) is 6.04 Å². The molecule has 98 valence electrons. The molecule has 0 heterocycles. The fourth-order valence-corrected chi connectivity index (χ4v) is 3.01. The van der Waals surface area contributed by atoms with Crippen LogP contribution in [0, 0.1) is 0 Å². The maximum Gasteiger partial charge on any atom is 0.237 e. The van der Waals surface area contributed by atoms with Crippen LogP contribution in [0.2, 0.25) is 0 Å². The highest BCUT2D eigenvalue weighted by atomic mass is 16.2. The van der Waals surface area contributed by atoms with E-state index in [1.165, 1.54) is 38.5 Å². The van der Waals surface area contributed by atoms with Crippen LogP contribution in [0.5, 0.6) is 0 Å². The Morgan fingerprint density at radius 1 is 1.18 bits per heavy atom. The van der Waals surface area contributed by atoms with Crippen LogP contribution in [0.15, 0.2) is 0 Å². The molecule has 0 radical (unpaired) electrons. The third kappa shape index (κ3) is 3.44. The highest BCUT2D eigenvalue weighted by Gasteiger charge is 2.34. The van der Waals surface area contributed by atoms with E-state index in [1.54, 1.807) is 0 Å². The summed E-state index contributed by atoms with van der Waals surface area (Å²) in [5.74, 6) is 0.185. The largest absolute Gasteiger partial charge is 0.352 e. The minimum Gasteiger partial charge on any atom is -0.352 e. The summed E-state index contributed by atoms with van der Waals surface area (Å²) in [7, 11) is 0. The molecule has 2 saturated carbocycles. The molecule has 1 unspecified atom stereocenters. The molecular weight excluding hydrogens is 212 g/mol. The Kier molecular flexibility index (Phi) is 4.08. The van der Waals surface area contributed by atoms with Gasteiger partial charge in [-0.15, -0.1) is 0 Å². The highest BCUT2D eigenvalue weighted by molar-refractivity contribution is 5.81. The van der Waals surface area contributed by atoms with Crippen molar-refractivity contribution in [2.24, 2.45) is 0 Å². The Balaban J connectivity index is 1.74. The third-order valence-electron chi connectivity index (χ3n) is 4.37. The molecule has 2 aliphatic rings. The van der Waals surface area contributed by atoms with Crippen LogP contribution in [-0.4, -0.2) is 23.5 Å². The average molecular weight is 238 g/mol. The molecule has 3 heteroatoms. The number of hydrogen-bond acceptors (Lipinski definition) is 2. The monoisotopic (exact) mass is 238 g/mol. The summed E-state index contributed by atoms with van der Waals surface area (Å²) < 4.78 is 0. The van der Waals surface area contributed by atoms with Crippen LogP contribution >= 0.6 is 0 Å². The van der Waals surface area contributed by atoms with Crippen LogP contribution < -0.4 is 10.6 Å². The van der Waals surface area contributed by atoms with Crippen molar-refractivity contribution >= 4 is 5.91 Å². The van der Waals surface area contributed by atoms with E-state index in [9.17, 15) is 4.79 Å². The molecular formula is C14H26N2O. The molecule has 2 rings (SSSR count). The van der Waals surface area contributed by atoms with Gasteiger partial charge in [-0.1, -0.05) is 19.3 Å². The van der Waals surface area contributed by atoms with Gasteiger partial charge in [0.1, 0.15) is 0 Å². The lowest BCUT2D eigenvalue weighted by Gasteiger charge is -2.41. The second kappa shape index (κ2) is 5.38. The van der Waals surface area contributed by atoms with E-state index < -0.39 is 0 Å². The lowest BCUT2D eigenvalue weighted by atomic mass is 9.78. The Morgan fingerprint density at radius 3 is 2.35 bits per heavy atom. The Morgan fingerprint density at radius 2 is 1.82 bits per heavy atom. The average Bonchev–Trinajstić information content (AvgIpc) is 2.28. The first-order valence-electron chi connectivity index (χ1n) is 7.17. The molecule has 1 amide bonds. The highest BCUT2D eigenvalue weighted by Crippen LogP contribution is 2.31. The molecule has 0 aromatic rings. The molecule has 2 aliphatic carbocycles. The fourth-order valence-electron chi connectivity index (χ4n) is 3.01. The van der Waals surface area contributed by atoms with Gasteiger partial charge >= 0.3 is 0 Å². The van der Waals surface area contributed by atoms with Gasteiger partial charge in [-0.2, -0.15) is 0 Å². The first kappa shape index (κ1) is 12.9. The quantitative estimate of drug-likeness (QED) is 0.789. The van der Waals surface area contributed by atoms with E-state index in [4.69, 9.17) is 0 Å². The molecule has 2 fully saturated rings.